The molecule has 164 valence electrons. The van der Waals surface area contributed by atoms with Gasteiger partial charge < -0.3 is 10.1 Å². The Balaban J connectivity index is 1.30. The Labute approximate surface area is 197 Å². The van der Waals surface area contributed by atoms with Gasteiger partial charge in [0.15, 0.2) is 10.3 Å². The minimum Gasteiger partial charge on any atom is -0.494 e. The van der Waals surface area contributed by atoms with Crippen LogP contribution in [0.15, 0.2) is 47.8 Å². The Bertz CT molecular complexity index is 1250. The fraction of sp³-hybridized carbons (Fsp3) is 0.182. The number of aromatic nitrogens is 2. The molecule has 0 aliphatic rings. The Hall–Kier alpha value is -3.01. The van der Waals surface area contributed by atoms with Crippen molar-refractivity contribution in [3.63, 3.8) is 0 Å². The lowest BCUT2D eigenvalue weighted by atomic mass is 10.2. The van der Waals surface area contributed by atoms with E-state index in [0.29, 0.717) is 33.9 Å². The highest BCUT2D eigenvalue weighted by Gasteiger charge is 2.12. The highest BCUT2D eigenvalue weighted by molar-refractivity contribution is 7.22. The molecule has 0 radical (unpaired) electrons. The SMILES string of the molecule is CCOc1ccc2nc(NC(=O)CCc3csc(NC(=O)c4ccc(Cl)cc4)n3)sc2c1. The second-order valence-electron chi connectivity index (χ2n) is 6.73. The summed E-state index contributed by atoms with van der Waals surface area (Å²) in [7, 11) is 0. The van der Waals surface area contributed by atoms with Crippen LogP contribution in [0.4, 0.5) is 10.3 Å². The molecule has 4 rings (SSSR count). The summed E-state index contributed by atoms with van der Waals surface area (Å²) < 4.78 is 6.45. The zero-order valence-corrected chi connectivity index (χ0v) is 19.4. The van der Waals surface area contributed by atoms with Crippen LogP contribution in [-0.2, 0) is 11.2 Å². The number of carbonyl (C=O) groups is 2. The lowest BCUT2D eigenvalue weighted by Crippen LogP contribution is -2.13. The molecule has 2 heterocycles. The molecule has 2 N–H and O–H groups in total. The van der Waals surface area contributed by atoms with E-state index in [4.69, 9.17) is 16.3 Å². The number of thiazole rings is 2. The zero-order valence-electron chi connectivity index (χ0n) is 17.1. The topological polar surface area (TPSA) is 93.2 Å². The number of ether oxygens (including phenoxy) is 1. The minimum absolute atomic E-state index is 0.145. The van der Waals surface area contributed by atoms with Gasteiger partial charge in [-0.05, 0) is 55.8 Å². The molecular formula is C22H19ClN4O3S2. The normalized spacial score (nSPS) is 10.8. The predicted octanol–water partition coefficient (Wildman–Crippen LogP) is 5.63. The molecule has 0 bridgehead atoms. The molecule has 7 nitrogen and oxygen atoms in total. The number of benzene rings is 2. The number of carbonyl (C=O) groups excluding carboxylic acids is 2. The van der Waals surface area contributed by atoms with Crippen molar-refractivity contribution in [2.45, 2.75) is 19.8 Å². The maximum Gasteiger partial charge on any atom is 0.257 e. The standard InChI is InChI=1S/C22H19ClN4O3S2/c1-2-30-16-8-9-17-18(11-16)32-22(25-17)26-19(28)10-7-15-12-31-21(24-15)27-20(29)13-3-5-14(23)6-4-13/h3-6,8-9,11-12H,2,7,10H2,1H3,(H,24,27,29)(H,25,26,28). The molecule has 2 aromatic carbocycles. The Morgan fingerprint density at radius 2 is 1.88 bits per heavy atom. The average Bonchev–Trinajstić information content (AvgIpc) is 3.38. The number of hydrogen-bond donors (Lipinski definition) is 2. The number of nitrogens with one attached hydrogen (secondary N) is 2. The van der Waals surface area contributed by atoms with Crippen molar-refractivity contribution in [2.75, 3.05) is 17.2 Å². The third kappa shape index (κ3) is 5.61. The van der Waals surface area contributed by atoms with Crippen molar-refractivity contribution in [1.82, 2.24) is 9.97 Å². The second-order valence-corrected chi connectivity index (χ2v) is 9.06. The molecule has 0 fully saturated rings. The van der Waals surface area contributed by atoms with Gasteiger partial charge in [0.1, 0.15) is 5.75 Å². The van der Waals surface area contributed by atoms with E-state index in [-0.39, 0.29) is 18.2 Å². The van der Waals surface area contributed by atoms with E-state index in [1.54, 1.807) is 24.3 Å². The van der Waals surface area contributed by atoms with Crippen LogP contribution in [-0.4, -0.2) is 28.4 Å². The molecule has 2 aromatic heterocycles. The van der Waals surface area contributed by atoms with Crippen LogP contribution in [0.5, 0.6) is 5.75 Å². The van der Waals surface area contributed by atoms with Crippen molar-refractivity contribution >= 4 is 66.6 Å². The first kappa shape index (κ1) is 22.2. The van der Waals surface area contributed by atoms with Crippen LogP contribution in [0.1, 0.15) is 29.4 Å². The van der Waals surface area contributed by atoms with E-state index in [2.05, 4.69) is 20.6 Å². The lowest BCUT2D eigenvalue weighted by Gasteiger charge is -2.02. The first-order chi connectivity index (χ1) is 15.5. The molecule has 0 saturated heterocycles. The molecule has 2 amide bonds. The number of nitrogens with zero attached hydrogens (tertiary/aromatic N) is 2. The summed E-state index contributed by atoms with van der Waals surface area (Å²) >= 11 is 8.57. The Morgan fingerprint density at radius 1 is 1.06 bits per heavy atom. The van der Waals surface area contributed by atoms with Gasteiger partial charge in [0.05, 0.1) is 22.5 Å². The molecule has 0 aliphatic heterocycles. The van der Waals surface area contributed by atoms with Crippen molar-refractivity contribution in [3.8, 4) is 5.75 Å². The van der Waals surface area contributed by atoms with E-state index in [1.165, 1.54) is 22.7 Å². The monoisotopic (exact) mass is 486 g/mol. The number of amides is 2. The molecule has 0 saturated carbocycles. The fourth-order valence-corrected chi connectivity index (χ4v) is 4.66. The van der Waals surface area contributed by atoms with Gasteiger partial charge in [-0.15, -0.1) is 11.3 Å². The molecule has 0 spiro atoms. The Kier molecular flexibility index (Phi) is 6.99. The number of fused-ring (bicyclic) bond motifs is 1. The quantitative estimate of drug-likeness (QED) is 0.336. The Morgan fingerprint density at radius 3 is 2.66 bits per heavy atom. The van der Waals surface area contributed by atoms with Crippen LogP contribution in [0, 0.1) is 0 Å². The summed E-state index contributed by atoms with van der Waals surface area (Å²) in [6, 6.07) is 12.3. The van der Waals surface area contributed by atoms with E-state index in [9.17, 15) is 9.59 Å². The summed E-state index contributed by atoms with van der Waals surface area (Å²) in [6.45, 7) is 2.53. The van der Waals surface area contributed by atoms with Gasteiger partial charge in [0.25, 0.3) is 5.91 Å². The second kappa shape index (κ2) is 10.1. The van der Waals surface area contributed by atoms with Crippen molar-refractivity contribution in [1.29, 1.82) is 0 Å². The summed E-state index contributed by atoms with van der Waals surface area (Å²) in [5.41, 5.74) is 2.05. The van der Waals surface area contributed by atoms with Gasteiger partial charge in [-0.1, -0.05) is 22.9 Å². The average molecular weight is 487 g/mol. The van der Waals surface area contributed by atoms with E-state index >= 15 is 0 Å². The molecule has 32 heavy (non-hydrogen) atoms. The summed E-state index contributed by atoms with van der Waals surface area (Å²) in [5.74, 6) is 0.376. The van der Waals surface area contributed by atoms with Gasteiger partial charge in [-0.25, -0.2) is 9.97 Å². The van der Waals surface area contributed by atoms with Gasteiger partial charge >= 0.3 is 0 Å². The molecular weight excluding hydrogens is 468 g/mol. The van der Waals surface area contributed by atoms with Crippen molar-refractivity contribution < 1.29 is 14.3 Å². The van der Waals surface area contributed by atoms with Gasteiger partial charge in [0, 0.05) is 22.4 Å². The smallest absolute Gasteiger partial charge is 0.257 e. The predicted molar refractivity (Wildman–Crippen MR) is 129 cm³/mol. The summed E-state index contributed by atoms with van der Waals surface area (Å²) in [6.07, 6.45) is 0.715. The first-order valence-corrected chi connectivity index (χ1v) is 11.9. The minimum atomic E-state index is -0.261. The number of hydrogen-bond acceptors (Lipinski definition) is 7. The first-order valence-electron chi connectivity index (χ1n) is 9.84. The maximum atomic E-state index is 12.4. The zero-order chi connectivity index (χ0) is 22.5. The van der Waals surface area contributed by atoms with Crippen LogP contribution in [0.3, 0.4) is 0 Å². The molecule has 0 atom stereocenters. The number of halogens is 1. The molecule has 0 aliphatic carbocycles. The third-order valence-corrected chi connectivity index (χ3v) is 6.40. The van der Waals surface area contributed by atoms with E-state index in [1.807, 2.05) is 30.5 Å². The highest BCUT2D eigenvalue weighted by atomic mass is 35.5. The molecule has 10 heteroatoms. The maximum absolute atomic E-state index is 12.4. The van der Waals surface area contributed by atoms with Gasteiger partial charge in [0.2, 0.25) is 5.91 Å². The number of aryl methyl sites for hydroxylation is 1. The summed E-state index contributed by atoms with van der Waals surface area (Å²) in [5, 5.41) is 9.03. The van der Waals surface area contributed by atoms with E-state index in [0.717, 1.165) is 21.7 Å². The largest absolute Gasteiger partial charge is 0.494 e. The third-order valence-electron chi connectivity index (χ3n) is 4.40. The number of rotatable bonds is 8. The van der Waals surface area contributed by atoms with Crippen LogP contribution < -0.4 is 15.4 Å². The van der Waals surface area contributed by atoms with Crippen molar-refractivity contribution in [2.24, 2.45) is 0 Å². The highest BCUT2D eigenvalue weighted by Crippen LogP contribution is 2.29. The van der Waals surface area contributed by atoms with Crippen molar-refractivity contribution in [3.05, 3.63) is 64.1 Å². The van der Waals surface area contributed by atoms with Gasteiger partial charge in [-0.2, -0.15) is 0 Å². The van der Waals surface area contributed by atoms with Crippen LogP contribution in [0.25, 0.3) is 10.2 Å². The fourth-order valence-electron chi connectivity index (χ4n) is 2.89. The molecule has 4 aromatic rings. The number of anilines is 2. The van der Waals surface area contributed by atoms with Crippen LogP contribution in [0.2, 0.25) is 5.02 Å². The molecule has 0 unspecified atom stereocenters. The van der Waals surface area contributed by atoms with Crippen LogP contribution >= 0.6 is 34.3 Å². The summed E-state index contributed by atoms with van der Waals surface area (Å²) in [4.78, 5) is 33.5. The van der Waals surface area contributed by atoms with E-state index < -0.39 is 0 Å². The lowest BCUT2D eigenvalue weighted by molar-refractivity contribution is -0.116. The van der Waals surface area contributed by atoms with Gasteiger partial charge in [-0.3, -0.25) is 14.9 Å².